The van der Waals surface area contributed by atoms with Crippen LogP contribution in [0.3, 0.4) is 0 Å². The van der Waals surface area contributed by atoms with Crippen LogP contribution in [-0.4, -0.2) is 58.6 Å². The van der Waals surface area contributed by atoms with E-state index in [0.29, 0.717) is 32.9 Å². The summed E-state index contributed by atoms with van der Waals surface area (Å²) in [6.45, 7) is 10.0. The van der Waals surface area contributed by atoms with Crippen LogP contribution in [-0.2, 0) is 9.47 Å². The quantitative estimate of drug-likeness (QED) is 0.228. The molecule has 0 fully saturated rings. The summed E-state index contributed by atoms with van der Waals surface area (Å²) in [6, 6.07) is 8.01. The zero-order valence-electron chi connectivity index (χ0n) is 15.7. The van der Waals surface area contributed by atoms with E-state index in [1.807, 2.05) is 45.0 Å². The molecule has 144 valence electrons. The van der Waals surface area contributed by atoms with Crippen molar-refractivity contribution in [3.63, 3.8) is 0 Å². The number of guanidine groups is 1. The lowest BCUT2D eigenvalue weighted by Crippen LogP contribution is -2.39. The number of para-hydroxylation sites is 1. The maximum absolute atomic E-state index is 5.94. The molecule has 1 aromatic rings. The maximum atomic E-state index is 5.94. The summed E-state index contributed by atoms with van der Waals surface area (Å²) in [5.74, 6) is 1.68. The molecule has 0 aliphatic heterocycles. The summed E-state index contributed by atoms with van der Waals surface area (Å²) in [6.07, 6.45) is -0.000455. The van der Waals surface area contributed by atoms with Crippen molar-refractivity contribution in [2.24, 2.45) is 4.99 Å². The number of aryl methyl sites for hydroxylation is 1. The van der Waals surface area contributed by atoms with Crippen LogP contribution in [0.5, 0.6) is 5.75 Å². The average Bonchev–Trinajstić information content (AvgIpc) is 2.57. The van der Waals surface area contributed by atoms with Gasteiger partial charge in [0.15, 0.2) is 5.96 Å². The normalized spacial score (nSPS) is 12.2. The number of methoxy groups -OCH3 is 1. The van der Waals surface area contributed by atoms with Crippen LogP contribution in [0.15, 0.2) is 29.3 Å². The average molecular weight is 465 g/mol. The molecule has 1 aromatic carbocycles. The van der Waals surface area contributed by atoms with E-state index in [4.69, 9.17) is 14.2 Å². The minimum absolute atomic E-state index is 0. The van der Waals surface area contributed by atoms with Gasteiger partial charge in [-0.25, -0.2) is 4.99 Å². The number of aliphatic imine (C=N–C) groups is 1. The molecule has 0 saturated heterocycles. The van der Waals surface area contributed by atoms with Crippen LogP contribution < -0.4 is 15.4 Å². The molecule has 0 aromatic heterocycles. The Labute approximate surface area is 168 Å². The van der Waals surface area contributed by atoms with E-state index in [2.05, 4.69) is 15.6 Å². The highest BCUT2D eigenvalue weighted by molar-refractivity contribution is 14.0. The Balaban J connectivity index is 0.00000576. The van der Waals surface area contributed by atoms with Crippen molar-refractivity contribution in [3.8, 4) is 5.75 Å². The summed E-state index contributed by atoms with van der Waals surface area (Å²) in [4.78, 5) is 4.56. The molecule has 0 radical (unpaired) electrons. The Kier molecular flexibility index (Phi) is 14.6. The Hall–Kier alpha value is -1.06. The summed E-state index contributed by atoms with van der Waals surface area (Å²) in [5.41, 5.74) is 1.13. The number of ether oxygens (including phenoxy) is 3. The third-order valence-electron chi connectivity index (χ3n) is 3.24. The number of nitrogens with one attached hydrogen (secondary N) is 2. The van der Waals surface area contributed by atoms with Crippen LogP contribution in [0.25, 0.3) is 0 Å². The summed E-state index contributed by atoms with van der Waals surface area (Å²) < 4.78 is 16.3. The third kappa shape index (κ3) is 11.2. The van der Waals surface area contributed by atoms with Crippen LogP contribution in [0, 0.1) is 6.92 Å². The van der Waals surface area contributed by atoms with Crippen molar-refractivity contribution in [3.05, 3.63) is 29.8 Å². The number of halogens is 1. The second kappa shape index (κ2) is 15.2. The molecular weight excluding hydrogens is 433 g/mol. The van der Waals surface area contributed by atoms with Gasteiger partial charge in [0, 0.05) is 20.2 Å². The fourth-order valence-corrected chi connectivity index (χ4v) is 1.99. The third-order valence-corrected chi connectivity index (χ3v) is 3.24. The minimum Gasteiger partial charge on any atom is -0.489 e. The van der Waals surface area contributed by atoms with E-state index in [-0.39, 0.29) is 30.1 Å². The van der Waals surface area contributed by atoms with E-state index >= 15 is 0 Å². The smallest absolute Gasteiger partial charge is 0.191 e. The zero-order valence-corrected chi connectivity index (χ0v) is 18.0. The summed E-state index contributed by atoms with van der Waals surface area (Å²) in [7, 11) is 1.66. The minimum atomic E-state index is -0.000455. The Morgan fingerprint density at radius 3 is 2.60 bits per heavy atom. The topological polar surface area (TPSA) is 64.1 Å². The van der Waals surface area contributed by atoms with Gasteiger partial charge in [0.1, 0.15) is 11.9 Å². The molecule has 1 unspecified atom stereocenters. The van der Waals surface area contributed by atoms with E-state index in [0.717, 1.165) is 23.8 Å². The van der Waals surface area contributed by atoms with Gasteiger partial charge in [-0.05, 0) is 32.4 Å². The van der Waals surface area contributed by atoms with E-state index < -0.39 is 0 Å². The molecule has 0 bridgehead atoms. The van der Waals surface area contributed by atoms with Crippen LogP contribution in [0.1, 0.15) is 19.4 Å². The number of nitrogens with zero attached hydrogens (tertiary/aromatic N) is 1. The fraction of sp³-hybridized carbons (Fsp3) is 0.611. The molecule has 0 amide bonds. The predicted octanol–water partition coefficient (Wildman–Crippen LogP) is 2.60. The first-order valence-electron chi connectivity index (χ1n) is 8.48. The summed E-state index contributed by atoms with van der Waals surface area (Å²) in [5, 5.41) is 6.46. The molecule has 1 atom stereocenters. The van der Waals surface area contributed by atoms with E-state index in [1.165, 1.54) is 0 Å². The molecule has 7 heteroatoms. The van der Waals surface area contributed by atoms with Crippen molar-refractivity contribution >= 4 is 29.9 Å². The SMILES string of the molecule is CCNC(=NCC(C)Oc1ccccc1C)NCCOCCOC.I. The molecule has 0 spiro atoms. The van der Waals surface area contributed by atoms with Crippen molar-refractivity contribution in [1.82, 2.24) is 10.6 Å². The molecule has 6 nitrogen and oxygen atoms in total. The first-order valence-corrected chi connectivity index (χ1v) is 8.48. The highest BCUT2D eigenvalue weighted by Gasteiger charge is 2.06. The van der Waals surface area contributed by atoms with Crippen molar-refractivity contribution in [2.45, 2.75) is 26.9 Å². The summed E-state index contributed by atoms with van der Waals surface area (Å²) >= 11 is 0. The van der Waals surface area contributed by atoms with Crippen molar-refractivity contribution in [2.75, 3.05) is 46.6 Å². The van der Waals surface area contributed by atoms with Gasteiger partial charge in [-0.1, -0.05) is 18.2 Å². The largest absolute Gasteiger partial charge is 0.489 e. The van der Waals surface area contributed by atoms with Gasteiger partial charge < -0.3 is 24.8 Å². The molecule has 0 aliphatic rings. The van der Waals surface area contributed by atoms with Gasteiger partial charge >= 0.3 is 0 Å². The molecular formula is C18H32IN3O3. The lowest BCUT2D eigenvalue weighted by atomic mass is 10.2. The van der Waals surface area contributed by atoms with E-state index in [1.54, 1.807) is 7.11 Å². The molecule has 0 aliphatic carbocycles. The van der Waals surface area contributed by atoms with Crippen LogP contribution >= 0.6 is 24.0 Å². The number of rotatable bonds is 11. The highest BCUT2D eigenvalue weighted by atomic mass is 127. The van der Waals surface area contributed by atoms with Gasteiger partial charge in [-0.2, -0.15) is 0 Å². The molecule has 1 rings (SSSR count). The first kappa shape index (κ1) is 23.9. The zero-order chi connectivity index (χ0) is 17.6. The fourth-order valence-electron chi connectivity index (χ4n) is 1.99. The van der Waals surface area contributed by atoms with Crippen molar-refractivity contribution in [1.29, 1.82) is 0 Å². The second-order valence-corrected chi connectivity index (χ2v) is 5.45. The van der Waals surface area contributed by atoms with Gasteiger partial charge in [0.2, 0.25) is 0 Å². The Morgan fingerprint density at radius 1 is 1.16 bits per heavy atom. The monoisotopic (exact) mass is 465 g/mol. The van der Waals surface area contributed by atoms with Gasteiger partial charge in [-0.3, -0.25) is 0 Å². The van der Waals surface area contributed by atoms with Crippen molar-refractivity contribution < 1.29 is 14.2 Å². The molecule has 25 heavy (non-hydrogen) atoms. The molecule has 0 saturated carbocycles. The Morgan fingerprint density at radius 2 is 1.92 bits per heavy atom. The lowest BCUT2D eigenvalue weighted by Gasteiger charge is -2.16. The standard InChI is InChI=1S/C18H31N3O3.HI/c1-5-19-18(20-10-11-23-13-12-22-4)21-14-16(3)24-17-9-7-6-8-15(17)2;/h6-9,16H,5,10-14H2,1-4H3,(H2,19,20,21);1H. The van der Waals surface area contributed by atoms with Crippen LogP contribution in [0.4, 0.5) is 0 Å². The number of hydrogen-bond acceptors (Lipinski definition) is 4. The van der Waals surface area contributed by atoms with E-state index in [9.17, 15) is 0 Å². The Bertz CT molecular complexity index is 486. The number of benzene rings is 1. The second-order valence-electron chi connectivity index (χ2n) is 5.45. The number of hydrogen-bond donors (Lipinski definition) is 2. The first-order chi connectivity index (χ1) is 11.7. The van der Waals surface area contributed by atoms with Crippen LogP contribution in [0.2, 0.25) is 0 Å². The maximum Gasteiger partial charge on any atom is 0.191 e. The lowest BCUT2D eigenvalue weighted by molar-refractivity contribution is 0.0733. The highest BCUT2D eigenvalue weighted by Crippen LogP contribution is 2.17. The predicted molar refractivity (Wildman–Crippen MR) is 113 cm³/mol. The molecule has 2 N–H and O–H groups in total. The molecule has 0 heterocycles. The van der Waals surface area contributed by atoms with Gasteiger partial charge in [0.25, 0.3) is 0 Å². The van der Waals surface area contributed by atoms with Gasteiger partial charge in [-0.15, -0.1) is 24.0 Å². The van der Waals surface area contributed by atoms with Gasteiger partial charge in [0.05, 0.1) is 26.4 Å².